The van der Waals surface area contributed by atoms with Gasteiger partial charge in [0.1, 0.15) is 11.5 Å². The standard InChI is InChI=1S/C32H26N2O3/c1-36-29-17-12-25(13-18-29)31(35)21-14-27-22-34(28-15-19-30(37-2)20-16-28)33-32(27)26-10-8-24(9-11-26)23-6-4-3-5-7-23/h3-22H,1-2H3/b21-14+. The highest BCUT2D eigenvalue weighted by Gasteiger charge is 2.12. The molecule has 0 saturated carbocycles. The Labute approximate surface area is 216 Å². The zero-order chi connectivity index (χ0) is 25.6. The Kier molecular flexibility index (Phi) is 6.95. The molecular weight excluding hydrogens is 460 g/mol. The van der Waals surface area contributed by atoms with Crippen LogP contribution in [0.15, 0.2) is 115 Å². The minimum atomic E-state index is -0.0924. The van der Waals surface area contributed by atoms with E-state index in [1.54, 1.807) is 44.6 Å². The number of carbonyl (C=O) groups excluding carboxylic acids is 1. The topological polar surface area (TPSA) is 53.4 Å². The number of nitrogens with zero attached hydrogens (tertiary/aromatic N) is 2. The Balaban J connectivity index is 1.50. The normalized spacial score (nSPS) is 11.0. The van der Waals surface area contributed by atoms with Crippen molar-refractivity contribution in [2.75, 3.05) is 14.2 Å². The van der Waals surface area contributed by atoms with Crippen molar-refractivity contribution in [3.63, 3.8) is 0 Å². The Morgan fingerprint density at radius 1 is 0.703 bits per heavy atom. The van der Waals surface area contributed by atoms with Gasteiger partial charge >= 0.3 is 0 Å². The molecule has 0 aliphatic rings. The largest absolute Gasteiger partial charge is 0.497 e. The van der Waals surface area contributed by atoms with Gasteiger partial charge in [-0.25, -0.2) is 4.68 Å². The highest BCUT2D eigenvalue weighted by atomic mass is 16.5. The van der Waals surface area contributed by atoms with Gasteiger partial charge in [-0.2, -0.15) is 5.10 Å². The Morgan fingerprint density at radius 3 is 1.89 bits per heavy atom. The van der Waals surface area contributed by atoms with E-state index in [-0.39, 0.29) is 5.78 Å². The van der Waals surface area contributed by atoms with Crippen molar-refractivity contribution in [3.8, 4) is 39.6 Å². The molecule has 0 aliphatic carbocycles. The molecule has 37 heavy (non-hydrogen) atoms. The minimum Gasteiger partial charge on any atom is -0.497 e. The molecule has 0 bridgehead atoms. The molecule has 0 spiro atoms. The van der Waals surface area contributed by atoms with Gasteiger partial charge in [-0.15, -0.1) is 0 Å². The summed E-state index contributed by atoms with van der Waals surface area (Å²) in [7, 11) is 3.24. The molecule has 0 saturated heterocycles. The number of methoxy groups -OCH3 is 2. The lowest BCUT2D eigenvalue weighted by Gasteiger charge is -2.05. The highest BCUT2D eigenvalue weighted by molar-refractivity contribution is 6.07. The first-order chi connectivity index (χ1) is 18.1. The fourth-order valence-electron chi connectivity index (χ4n) is 4.07. The van der Waals surface area contributed by atoms with Gasteiger partial charge < -0.3 is 9.47 Å². The second-order valence-corrected chi connectivity index (χ2v) is 8.45. The molecule has 1 heterocycles. The Hall–Kier alpha value is -4.90. The van der Waals surface area contributed by atoms with E-state index in [1.165, 1.54) is 0 Å². The van der Waals surface area contributed by atoms with Crippen LogP contribution < -0.4 is 9.47 Å². The third-order valence-electron chi connectivity index (χ3n) is 6.13. The van der Waals surface area contributed by atoms with Crippen LogP contribution in [0.1, 0.15) is 15.9 Å². The molecule has 0 unspecified atom stereocenters. The zero-order valence-electron chi connectivity index (χ0n) is 20.7. The van der Waals surface area contributed by atoms with Gasteiger partial charge in [0.2, 0.25) is 0 Å². The predicted molar refractivity (Wildman–Crippen MR) is 147 cm³/mol. The van der Waals surface area contributed by atoms with E-state index >= 15 is 0 Å². The Morgan fingerprint density at radius 2 is 1.27 bits per heavy atom. The summed E-state index contributed by atoms with van der Waals surface area (Å²) >= 11 is 0. The maximum absolute atomic E-state index is 12.8. The van der Waals surface area contributed by atoms with Crippen molar-refractivity contribution in [2.45, 2.75) is 0 Å². The van der Waals surface area contributed by atoms with Gasteiger partial charge in [0, 0.05) is 22.9 Å². The quantitative estimate of drug-likeness (QED) is 0.173. The number of allylic oxidation sites excluding steroid dienone is 1. The van der Waals surface area contributed by atoms with E-state index < -0.39 is 0 Å². The number of benzene rings is 4. The zero-order valence-corrected chi connectivity index (χ0v) is 20.7. The van der Waals surface area contributed by atoms with Crippen molar-refractivity contribution in [2.24, 2.45) is 0 Å². The summed E-state index contributed by atoms with van der Waals surface area (Å²) in [6.07, 6.45) is 5.33. The lowest BCUT2D eigenvalue weighted by Crippen LogP contribution is -1.95. The summed E-state index contributed by atoms with van der Waals surface area (Å²) in [6, 6.07) is 33.3. The van der Waals surface area contributed by atoms with E-state index in [0.29, 0.717) is 11.3 Å². The minimum absolute atomic E-state index is 0.0924. The fraction of sp³-hybridized carbons (Fsp3) is 0.0625. The van der Waals surface area contributed by atoms with Gasteiger partial charge in [0.25, 0.3) is 0 Å². The molecular formula is C32H26N2O3. The number of rotatable bonds is 8. The van der Waals surface area contributed by atoms with Gasteiger partial charge in [0.15, 0.2) is 5.78 Å². The summed E-state index contributed by atoms with van der Waals surface area (Å²) in [5.74, 6) is 1.39. The van der Waals surface area contributed by atoms with Crippen LogP contribution in [-0.4, -0.2) is 29.8 Å². The van der Waals surface area contributed by atoms with E-state index in [4.69, 9.17) is 14.6 Å². The van der Waals surface area contributed by atoms with Crippen molar-refractivity contribution in [1.29, 1.82) is 0 Å². The molecule has 5 heteroatoms. The lowest BCUT2D eigenvalue weighted by atomic mass is 10.0. The van der Waals surface area contributed by atoms with E-state index in [0.717, 1.165) is 39.4 Å². The second kappa shape index (κ2) is 10.8. The van der Waals surface area contributed by atoms with Crippen molar-refractivity contribution < 1.29 is 14.3 Å². The summed E-state index contributed by atoms with van der Waals surface area (Å²) in [5.41, 5.74) is 6.36. The number of ketones is 1. The van der Waals surface area contributed by atoms with Crippen LogP contribution in [0.3, 0.4) is 0 Å². The summed E-state index contributed by atoms with van der Waals surface area (Å²) in [5, 5.41) is 4.88. The van der Waals surface area contributed by atoms with Crippen LogP contribution in [0.2, 0.25) is 0 Å². The average Bonchev–Trinajstić information content (AvgIpc) is 3.41. The monoisotopic (exact) mass is 486 g/mol. The smallest absolute Gasteiger partial charge is 0.185 e. The molecule has 0 aliphatic heterocycles. The molecule has 0 fully saturated rings. The predicted octanol–water partition coefficient (Wildman–Crippen LogP) is 7.12. The molecule has 5 rings (SSSR count). The van der Waals surface area contributed by atoms with Crippen LogP contribution in [0.5, 0.6) is 11.5 Å². The van der Waals surface area contributed by atoms with Crippen LogP contribution in [0.4, 0.5) is 0 Å². The molecule has 5 nitrogen and oxygen atoms in total. The van der Waals surface area contributed by atoms with Crippen LogP contribution in [-0.2, 0) is 0 Å². The molecule has 0 N–H and O–H groups in total. The van der Waals surface area contributed by atoms with E-state index in [9.17, 15) is 4.79 Å². The molecule has 0 radical (unpaired) electrons. The molecule has 4 aromatic carbocycles. The third kappa shape index (κ3) is 5.36. The fourth-order valence-corrected chi connectivity index (χ4v) is 4.07. The second-order valence-electron chi connectivity index (χ2n) is 8.45. The van der Waals surface area contributed by atoms with Crippen LogP contribution >= 0.6 is 0 Å². The van der Waals surface area contributed by atoms with Gasteiger partial charge in [0.05, 0.1) is 25.6 Å². The number of carbonyl (C=O) groups is 1. The number of hydrogen-bond acceptors (Lipinski definition) is 4. The lowest BCUT2D eigenvalue weighted by molar-refractivity contribution is 0.104. The third-order valence-corrected chi connectivity index (χ3v) is 6.13. The van der Waals surface area contributed by atoms with Gasteiger partial charge in [-0.1, -0.05) is 54.6 Å². The average molecular weight is 487 g/mol. The highest BCUT2D eigenvalue weighted by Crippen LogP contribution is 2.28. The molecule has 0 atom stereocenters. The van der Waals surface area contributed by atoms with Gasteiger partial charge in [-0.3, -0.25) is 4.79 Å². The molecule has 5 aromatic rings. The van der Waals surface area contributed by atoms with Crippen LogP contribution in [0.25, 0.3) is 34.1 Å². The number of hydrogen-bond donors (Lipinski definition) is 0. The van der Waals surface area contributed by atoms with Crippen LogP contribution in [0, 0.1) is 0 Å². The van der Waals surface area contributed by atoms with E-state index in [2.05, 4.69) is 36.4 Å². The maximum Gasteiger partial charge on any atom is 0.185 e. The van der Waals surface area contributed by atoms with Gasteiger partial charge in [-0.05, 0) is 71.8 Å². The number of ether oxygens (including phenoxy) is 2. The first-order valence-corrected chi connectivity index (χ1v) is 11.9. The van der Waals surface area contributed by atoms with Crippen molar-refractivity contribution in [3.05, 3.63) is 127 Å². The summed E-state index contributed by atoms with van der Waals surface area (Å²) < 4.78 is 12.3. The Bertz CT molecular complexity index is 1520. The maximum atomic E-state index is 12.8. The summed E-state index contributed by atoms with van der Waals surface area (Å²) in [6.45, 7) is 0. The SMILES string of the molecule is COc1ccc(C(=O)/C=C/c2cn(-c3ccc(OC)cc3)nc2-c2ccc(-c3ccccc3)cc2)cc1. The van der Waals surface area contributed by atoms with Crippen molar-refractivity contribution in [1.82, 2.24) is 9.78 Å². The van der Waals surface area contributed by atoms with E-state index in [1.807, 2.05) is 59.4 Å². The first-order valence-electron chi connectivity index (χ1n) is 11.9. The summed E-state index contributed by atoms with van der Waals surface area (Å²) in [4.78, 5) is 12.8. The van der Waals surface area contributed by atoms with Crippen molar-refractivity contribution >= 4 is 11.9 Å². The first kappa shape index (κ1) is 23.8. The number of aromatic nitrogens is 2. The molecule has 182 valence electrons. The molecule has 1 aromatic heterocycles. The molecule has 0 amide bonds.